The van der Waals surface area contributed by atoms with Crippen LogP contribution in [0.2, 0.25) is 0 Å². The average molecular weight is 416 g/mol. The standard InChI is InChI=1S/C20H20N2O8/c1-12-8-15(22(26)27)17(28-2)10-14(12)21-19(24)11-30-20(25)7-5-13-4-6-16(23)18(9-13)29-3/h4-10,23H,11H2,1-3H3,(H,21,24)/b7-5+. The van der Waals surface area contributed by atoms with Crippen molar-refractivity contribution in [3.05, 3.63) is 57.6 Å². The van der Waals surface area contributed by atoms with Gasteiger partial charge < -0.3 is 24.6 Å². The smallest absolute Gasteiger partial charge is 0.331 e. The number of carbonyl (C=O) groups excluding carboxylic acids is 2. The van der Waals surface area contributed by atoms with Crippen LogP contribution >= 0.6 is 0 Å². The Hall–Kier alpha value is -4.08. The fourth-order valence-corrected chi connectivity index (χ4v) is 2.45. The molecular weight excluding hydrogens is 396 g/mol. The molecule has 2 rings (SSSR count). The number of hydrogen-bond donors (Lipinski definition) is 2. The number of anilines is 1. The van der Waals surface area contributed by atoms with Gasteiger partial charge in [0.05, 0.1) is 19.1 Å². The van der Waals surface area contributed by atoms with Crippen LogP contribution in [0.5, 0.6) is 17.2 Å². The Morgan fingerprint density at radius 1 is 1.17 bits per heavy atom. The van der Waals surface area contributed by atoms with Gasteiger partial charge in [0.2, 0.25) is 0 Å². The van der Waals surface area contributed by atoms with E-state index in [0.29, 0.717) is 16.8 Å². The third kappa shape index (κ3) is 5.71. The number of hydrogen-bond acceptors (Lipinski definition) is 8. The Kier molecular flexibility index (Phi) is 7.34. The highest BCUT2D eigenvalue weighted by Gasteiger charge is 2.18. The largest absolute Gasteiger partial charge is 0.504 e. The number of nitro groups is 1. The summed E-state index contributed by atoms with van der Waals surface area (Å²) >= 11 is 0. The van der Waals surface area contributed by atoms with E-state index in [2.05, 4.69) is 5.32 Å². The molecule has 2 N–H and O–H groups in total. The fourth-order valence-electron chi connectivity index (χ4n) is 2.45. The van der Waals surface area contributed by atoms with Crippen molar-refractivity contribution in [3.63, 3.8) is 0 Å². The number of aryl methyl sites for hydroxylation is 1. The van der Waals surface area contributed by atoms with E-state index in [1.54, 1.807) is 13.0 Å². The zero-order chi connectivity index (χ0) is 22.3. The summed E-state index contributed by atoms with van der Waals surface area (Å²) in [5, 5.41) is 23.1. The van der Waals surface area contributed by atoms with E-state index in [4.69, 9.17) is 14.2 Å². The molecule has 0 spiro atoms. The Morgan fingerprint density at radius 2 is 1.87 bits per heavy atom. The van der Waals surface area contributed by atoms with E-state index in [1.165, 1.54) is 44.6 Å². The first-order valence-corrected chi connectivity index (χ1v) is 8.60. The van der Waals surface area contributed by atoms with Crippen molar-refractivity contribution in [2.45, 2.75) is 6.92 Å². The van der Waals surface area contributed by atoms with Crippen molar-refractivity contribution in [3.8, 4) is 17.2 Å². The second kappa shape index (κ2) is 9.92. The average Bonchev–Trinajstić information content (AvgIpc) is 2.72. The molecule has 1 amide bonds. The summed E-state index contributed by atoms with van der Waals surface area (Å²) in [6.45, 7) is 1.03. The van der Waals surface area contributed by atoms with Gasteiger partial charge in [0.15, 0.2) is 23.9 Å². The monoisotopic (exact) mass is 416 g/mol. The van der Waals surface area contributed by atoms with Crippen LogP contribution in [0.3, 0.4) is 0 Å². The number of benzene rings is 2. The molecule has 10 heteroatoms. The Bertz CT molecular complexity index is 1000. The molecule has 158 valence electrons. The molecule has 0 saturated carbocycles. The normalized spacial score (nSPS) is 10.5. The van der Waals surface area contributed by atoms with Gasteiger partial charge in [-0.2, -0.15) is 0 Å². The van der Waals surface area contributed by atoms with Gasteiger partial charge in [0.25, 0.3) is 5.91 Å². The lowest BCUT2D eigenvalue weighted by Crippen LogP contribution is -2.20. The number of nitro benzene ring substituents is 1. The second-order valence-corrected chi connectivity index (χ2v) is 6.02. The Labute approximate surface area is 171 Å². The first-order chi connectivity index (χ1) is 14.2. The minimum absolute atomic E-state index is 0.00912. The van der Waals surface area contributed by atoms with Crippen molar-refractivity contribution in [1.82, 2.24) is 0 Å². The lowest BCUT2D eigenvalue weighted by atomic mass is 10.1. The molecule has 0 heterocycles. The molecule has 0 aliphatic rings. The summed E-state index contributed by atoms with van der Waals surface area (Å²) in [5.41, 5.74) is 1.10. The number of nitrogens with zero attached hydrogens (tertiary/aromatic N) is 1. The van der Waals surface area contributed by atoms with E-state index in [1.807, 2.05) is 0 Å². The number of esters is 1. The third-order valence-electron chi connectivity index (χ3n) is 3.96. The maximum absolute atomic E-state index is 12.1. The molecule has 30 heavy (non-hydrogen) atoms. The number of nitrogens with one attached hydrogen (secondary N) is 1. The zero-order valence-electron chi connectivity index (χ0n) is 16.5. The minimum atomic E-state index is -0.754. The van der Waals surface area contributed by atoms with Gasteiger partial charge in [0, 0.05) is 23.9 Å². The first kappa shape index (κ1) is 22.2. The molecule has 2 aromatic carbocycles. The van der Waals surface area contributed by atoms with Crippen molar-refractivity contribution in [2.24, 2.45) is 0 Å². The molecule has 0 aromatic heterocycles. The SMILES string of the molecule is COc1cc(/C=C/C(=O)OCC(=O)Nc2cc(OC)c([N+](=O)[O-])cc2C)ccc1O. The summed E-state index contributed by atoms with van der Waals surface area (Å²) in [5.74, 6) is -1.17. The molecule has 0 fully saturated rings. The number of phenols is 1. The predicted octanol–water partition coefficient (Wildman–Crippen LogP) is 2.82. The minimum Gasteiger partial charge on any atom is -0.504 e. The quantitative estimate of drug-likeness (QED) is 0.290. The fraction of sp³-hybridized carbons (Fsp3) is 0.200. The summed E-state index contributed by atoms with van der Waals surface area (Å²) in [6, 6.07) is 7.11. The van der Waals surface area contributed by atoms with E-state index in [0.717, 1.165) is 6.08 Å². The van der Waals surface area contributed by atoms with Crippen LogP contribution in [-0.2, 0) is 14.3 Å². The molecule has 0 radical (unpaired) electrons. The van der Waals surface area contributed by atoms with Crippen LogP contribution in [-0.4, -0.2) is 42.7 Å². The maximum atomic E-state index is 12.1. The summed E-state index contributed by atoms with van der Waals surface area (Å²) in [7, 11) is 2.68. The highest BCUT2D eigenvalue weighted by molar-refractivity contribution is 5.95. The number of carbonyl (C=O) groups is 2. The van der Waals surface area contributed by atoms with Crippen LogP contribution in [0, 0.1) is 17.0 Å². The van der Waals surface area contributed by atoms with Crippen molar-refractivity contribution < 1.29 is 33.8 Å². The van der Waals surface area contributed by atoms with Crippen molar-refractivity contribution in [2.75, 3.05) is 26.1 Å². The summed E-state index contributed by atoms with van der Waals surface area (Å²) in [6.07, 6.45) is 2.56. The van der Waals surface area contributed by atoms with Gasteiger partial charge in [-0.1, -0.05) is 6.07 Å². The van der Waals surface area contributed by atoms with Crippen LogP contribution in [0.25, 0.3) is 6.08 Å². The lowest BCUT2D eigenvalue weighted by Gasteiger charge is -2.10. The van der Waals surface area contributed by atoms with Crippen LogP contribution in [0.4, 0.5) is 11.4 Å². The van der Waals surface area contributed by atoms with Crippen LogP contribution < -0.4 is 14.8 Å². The molecule has 0 aliphatic carbocycles. The Morgan fingerprint density at radius 3 is 2.50 bits per heavy atom. The van der Waals surface area contributed by atoms with Crippen molar-refractivity contribution in [1.29, 1.82) is 0 Å². The van der Waals surface area contributed by atoms with E-state index >= 15 is 0 Å². The van der Waals surface area contributed by atoms with Gasteiger partial charge in [-0.3, -0.25) is 14.9 Å². The number of ether oxygens (including phenoxy) is 3. The Balaban J connectivity index is 1.96. The number of methoxy groups -OCH3 is 2. The number of phenolic OH excluding ortho intramolecular Hbond substituents is 1. The van der Waals surface area contributed by atoms with E-state index in [-0.39, 0.29) is 22.9 Å². The molecule has 0 saturated heterocycles. The molecule has 0 atom stereocenters. The third-order valence-corrected chi connectivity index (χ3v) is 3.96. The molecule has 2 aromatic rings. The van der Waals surface area contributed by atoms with Gasteiger partial charge in [-0.25, -0.2) is 4.79 Å². The second-order valence-electron chi connectivity index (χ2n) is 6.02. The maximum Gasteiger partial charge on any atom is 0.331 e. The summed E-state index contributed by atoms with van der Waals surface area (Å²) < 4.78 is 14.8. The van der Waals surface area contributed by atoms with Crippen LogP contribution in [0.1, 0.15) is 11.1 Å². The van der Waals surface area contributed by atoms with Gasteiger partial charge in [0.1, 0.15) is 0 Å². The van der Waals surface area contributed by atoms with Crippen molar-refractivity contribution >= 4 is 29.3 Å². The van der Waals surface area contributed by atoms with Gasteiger partial charge in [-0.05, 0) is 36.3 Å². The van der Waals surface area contributed by atoms with E-state index < -0.39 is 23.4 Å². The van der Waals surface area contributed by atoms with Gasteiger partial charge >= 0.3 is 11.7 Å². The molecule has 10 nitrogen and oxygen atoms in total. The number of aromatic hydroxyl groups is 1. The van der Waals surface area contributed by atoms with E-state index in [9.17, 15) is 24.8 Å². The lowest BCUT2D eigenvalue weighted by molar-refractivity contribution is -0.385. The predicted molar refractivity (Wildman–Crippen MR) is 108 cm³/mol. The molecule has 0 aliphatic heterocycles. The molecule has 0 bridgehead atoms. The zero-order valence-corrected chi connectivity index (χ0v) is 16.5. The van der Waals surface area contributed by atoms with Crippen LogP contribution in [0.15, 0.2) is 36.4 Å². The highest BCUT2D eigenvalue weighted by Crippen LogP contribution is 2.32. The highest BCUT2D eigenvalue weighted by atomic mass is 16.6. The first-order valence-electron chi connectivity index (χ1n) is 8.60. The number of amides is 1. The number of rotatable bonds is 8. The topological polar surface area (TPSA) is 137 Å². The molecular formula is C20H20N2O8. The summed E-state index contributed by atoms with van der Waals surface area (Å²) in [4.78, 5) is 34.3. The van der Waals surface area contributed by atoms with Gasteiger partial charge in [-0.15, -0.1) is 0 Å². The molecule has 0 unspecified atom stereocenters.